The topological polar surface area (TPSA) is 21.3 Å². The van der Waals surface area contributed by atoms with E-state index in [1.54, 1.807) is 0 Å². The average molecular weight is 199 g/mol. The Kier molecular flexibility index (Phi) is 6.20. The SMILES string of the molecule is CNC(C)CCOCC1CCCCC1. The Balaban J connectivity index is 1.92. The van der Waals surface area contributed by atoms with Crippen LogP contribution in [0.25, 0.3) is 0 Å². The summed E-state index contributed by atoms with van der Waals surface area (Å²) in [7, 11) is 2.01. The van der Waals surface area contributed by atoms with Gasteiger partial charge in [0.25, 0.3) is 0 Å². The van der Waals surface area contributed by atoms with Crippen molar-refractivity contribution in [3.05, 3.63) is 0 Å². The van der Waals surface area contributed by atoms with Crippen molar-refractivity contribution in [2.75, 3.05) is 20.3 Å². The van der Waals surface area contributed by atoms with Gasteiger partial charge in [0.1, 0.15) is 0 Å². The Morgan fingerprint density at radius 3 is 2.64 bits per heavy atom. The van der Waals surface area contributed by atoms with Gasteiger partial charge in [0.15, 0.2) is 0 Å². The smallest absolute Gasteiger partial charge is 0.0494 e. The summed E-state index contributed by atoms with van der Waals surface area (Å²) in [5, 5.41) is 3.22. The second-order valence-electron chi connectivity index (χ2n) is 4.56. The van der Waals surface area contributed by atoms with Crippen molar-refractivity contribution < 1.29 is 4.74 Å². The van der Waals surface area contributed by atoms with Crippen LogP contribution in [0, 0.1) is 5.92 Å². The Bertz CT molecular complexity index is 132. The van der Waals surface area contributed by atoms with Gasteiger partial charge in [-0.1, -0.05) is 19.3 Å². The molecule has 1 saturated carbocycles. The summed E-state index contributed by atoms with van der Waals surface area (Å²) in [4.78, 5) is 0. The molecule has 1 N–H and O–H groups in total. The summed E-state index contributed by atoms with van der Waals surface area (Å²) in [6, 6.07) is 0.585. The average Bonchev–Trinajstić information content (AvgIpc) is 2.25. The predicted octanol–water partition coefficient (Wildman–Crippen LogP) is 2.58. The Hall–Kier alpha value is -0.0800. The molecule has 2 nitrogen and oxygen atoms in total. The fraction of sp³-hybridized carbons (Fsp3) is 1.00. The van der Waals surface area contributed by atoms with Crippen molar-refractivity contribution in [2.24, 2.45) is 5.92 Å². The lowest BCUT2D eigenvalue weighted by Gasteiger charge is -2.21. The highest BCUT2D eigenvalue weighted by Crippen LogP contribution is 2.23. The first-order valence-corrected chi connectivity index (χ1v) is 6.08. The summed E-state index contributed by atoms with van der Waals surface area (Å²) in [5.41, 5.74) is 0. The van der Waals surface area contributed by atoms with E-state index < -0.39 is 0 Å². The normalized spacial score (nSPS) is 21.0. The van der Waals surface area contributed by atoms with Crippen LogP contribution in [0.2, 0.25) is 0 Å². The van der Waals surface area contributed by atoms with E-state index in [-0.39, 0.29) is 0 Å². The minimum absolute atomic E-state index is 0.585. The number of hydrogen-bond acceptors (Lipinski definition) is 2. The maximum atomic E-state index is 5.71. The molecule has 1 unspecified atom stereocenters. The van der Waals surface area contributed by atoms with Crippen molar-refractivity contribution in [3.8, 4) is 0 Å². The quantitative estimate of drug-likeness (QED) is 0.664. The largest absolute Gasteiger partial charge is 0.381 e. The number of hydrogen-bond donors (Lipinski definition) is 1. The van der Waals surface area contributed by atoms with E-state index in [2.05, 4.69) is 12.2 Å². The molecule has 0 bridgehead atoms. The van der Waals surface area contributed by atoms with E-state index >= 15 is 0 Å². The van der Waals surface area contributed by atoms with Crippen LogP contribution in [0.15, 0.2) is 0 Å². The monoisotopic (exact) mass is 199 g/mol. The van der Waals surface area contributed by atoms with E-state index in [1.807, 2.05) is 7.05 Å². The number of ether oxygens (including phenoxy) is 1. The third-order valence-corrected chi connectivity index (χ3v) is 3.27. The van der Waals surface area contributed by atoms with E-state index in [0.29, 0.717) is 6.04 Å². The molecule has 0 aromatic carbocycles. The summed E-state index contributed by atoms with van der Waals surface area (Å²) in [5.74, 6) is 0.855. The van der Waals surface area contributed by atoms with Gasteiger partial charge < -0.3 is 10.1 Å². The van der Waals surface area contributed by atoms with Crippen molar-refractivity contribution in [2.45, 2.75) is 51.5 Å². The van der Waals surface area contributed by atoms with Gasteiger partial charge in [0.2, 0.25) is 0 Å². The first-order valence-electron chi connectivity index (χ1n) is 6.08. The molecule has 14 heavy (non-hydrogen) atoms. The van der Waals surface area contributed by atoms with E-state index in [9.17, 15) is 0 Å². The third kappa shape index (κ3) is 4.97. The molecule has 2 heteroatoms. The third-order valence-electron chi connectivity index (χ3n) is 3.27. The van der Waals surface area contributed by atoms with Crippen LogP contribution < -0.4 is 5.32 Å². The Labute approximate surface area is 88.4 Å². The lowest BCUT2D eigenvalue weighted by Crippen LogP contribution is -2.23. The van der Waals surface area contributed by atoms with Gasteiger partial charge in [-0.3, -0.25) is 0 Å². The van der Waals surface area contributed by atoms with E-state index in [0.717, 1.165) is 25.6 Å². The highest BCUT2D eigenvalue weighted by atomic mass is 16.5. The Morgan fingerprint density at radius 1 is 1.29 bits per heavy atom. The second kappa shape index (κ2) is 7.24. The highest BCUT2D eigenvalue weighted by molar-refractivity contribution is 4.65. The van der Waals surface area contributed by atoms with E-state index in [4.69, 9.17) is 4.74 Å². The van der Waals surface area contributed by atoms with Gasteiger partial charge in [-0.15, -0.1) is 0 Å². The maximum absolute atomic E-state index is 5.71. The maximum Gasteiger partial charge on any atom is 0.0494 e. The minimum atomic E-state index is 0.585. The fourth-order valence-corrected chi connectivity index (χ4v) is 2.01. The molecular weight excluding hydrogens is 174 g/mol. The molecule has 1 aliphatic rings. The molecule has 0 heterocycles. The van der Waals surface area contributed by atoms with Crippen molar-refractivity contribution >= 4 is 0 Å². The summed E-state index contributed by atoms with van der Waals surface area (Å²) < 4.78 is 5.71. The van der Waals surface area contributed by atoms with Crippen LogP contribution in [0.1, 0.15) is 45.4 Å². The molecule has 0 aromatic rings. The molecule has 0 radical (unpaired) electrons. The first-order chi connectivity index (χ1) is 6.83. The number of nitrogens with one attached hydrogen (secondary N) is 1. The number of rotatable bonds is 6. The van der Waals surface area contributed by atoms with Gasteiger partial charge in [0.05, 0.1) is 0 Å². The molecule has 84 valence electrons. The van der Waals surface area contributed by atoms with E-state index in [1.165, 1.54) is 32.1 Å². The van der Waals surface area contributed by atoms with Crippen LogP contribution in [-0.4, -0.2) is 26.3 Å². The van der Waals surface area contributed by atoms with Crippen LogP contribution in [0.5, 0.6) is 0 Å². The van der Waals surface area contributed by atoms with Crippen LogP contribution in [0.4, 0.5) is 0 Å². The van der Waals surface area contributed by atoms with Gasteiger partial charge in [-0.25, -0.2) is 0 Å². The summed E-state index contributed by atoms with van der Waals surface area (Å²) in [6.07, 6.45) is 8.18. The van der Waals surface area contributed by atoms with Crippen LogP contribution >= 0.6 is 0 Å². The lowest BCUT2D eigenvalue weighted by atomic mass is 9.90. The van der Waals surface area contributed by atoms with Crippen LogP contribution in [-0.2, 0) is 4.74 Å². The molecule has 1 aliphatic carbocycles. The fourth-order valence-electron chi connectivity index (χ4n) is 2.01. The molecule has 0 aromatic heterocycles. The van der Waals surface area contributed by atoms with Gasteiger partial charge in [0, 0.05) is 19.3 Å². The highest BCUT2D eigenvalue weighted by Gasteiger charge is 2.13. The molecule has 0 aliphatic heterocycles. The standard InChI is InChI=1S/C12H25NO/c1-11(13-2)8-9-14-10-12-6-4-3-5-7-12/h11-13H,3-10H2,1-2H3. The summed E-state index contributed by atoms with van der Waals surface area (Å²) >= 11 is 0. The zero-order valence-electron chi connectivity index (χ0n) is 9.72. The van der Waals surface area contributed by atoms with Crippen molar-refractivity contribution in [1.29, 1.82) is 0 Å². The molecule has 1 atom stereocenters. The molecule has 0 amide bonds. The molecule has 0 saturated heterocycles. The lowest BCUT2D eigenvalue weighted by molar-refractivity contribution is 0.0800. The molecule has 0 spiro atoms. The molecular formula is C12H25NO. The molecule has 1 fully saturated rings. The van der Waals surface area contributed by atoms with Gasteiger partial charge >= 0.3 is 0 Å². The molecule has 1 rings (SSSR count). The second-order valence-corrected chi connectivity index (χ2v) is 4.56. The van der Waals surface area contributed by atoms with Crippen LogP contribution in [0.3, 0.4) is 0 Å². The minimum Gasteiger partial charge on any atom is -0.381 e. The van der Waals surface area contributed by atoms with Crippen molar-refractivity contribution in [1.82, 2.24) is 5.32 Å². The zero-order chi connectivity index (χ0) is 10.2. The van der Waals surface area contributed by atoms with Gasteiger partial charge in [-0.05, 0) is 39.2 Å². The first kappa shape index (κ1) is 12.0. The van der Waals surface area contributed by atoms with Gasteiger partial charge in [-0.2, -0.15) is 0 Å². The summed E-state index contributed by atoms with van der Waals surface area (Å²) in [6.45, 7) is 4.11. The predicted molar refractivity (Wildman–Crippen MR) is 60.5 cm³/mol. The van der Waals surface area contributed by atoms with Crippen molar-refractivity contribution in [3.63, 3.8) is 0 Å². The zero-order valence-corrected chi connectivity index (χ0v) is 9.72. The Morgan fingerprint density at radius 2 is 2.00 bits per heavy atom.